The molecule has 0 radical (unpaired) electrons. The van der Waals surface area contributed by atoms with E-state index in [0.717, 1.165) is 12.0 Å². The Bertz CT molecular complexity index is 472. The third-order valence-corrected chi connectivity index (χ3v) is 3.96. The molecule has 0 aliphatic carbocycles. The highest BCUT2D eigenvalue weighted by Gasteiger charge is 2.47. The molecule has 1 aromatic rings. The summed E-state index contributed by atoms with van der Waals surface area (Å²) in [6.45, 7) is 1.19. The molecular weight excluding hydrogens is 255 g/mol. The number of ether oxygens (including phenoxy) is 1. The number of hydrogen-bond acceptors (Lipinski definition) is 2. The average molecular weight is 271 g/mol. The molecule has 1 saturated heterocycles. The van der Waals surface area contributed by atoms with E-state index >= 15 is 0 Å². The van der Waals surface area contributed by atoms with Crippen LogP contribution in [0.5, 0.6) is 5.75 Å². The topological polar surface area (TPSA) is 21.3 Å². The molecule has 1 aromatic carbocycles. The van der Waals surface area contributed by atoms with Gasteiger partial charge < -0.3 is 10.1 Å². The fourth-order valence-electron chi connectivity index (χ4n) is 3.05. The lowest BCUT2D eigenvalue weighted by Gasteiger charge is -2.34. The van der Waals surface area contributed by atoms with Gasteiger partial charge in [0.05, 0.1) is 12.5 Å². The molecule has 0 bridgehead atoms. The average Bonchev–Trinajstić information content (AvgIpc) is 2.85. The van der Waals surface area contributed by atoms with Crippen LogP contribution in [0.25, 0.3) is 0 Å². The standard InChI is InChI=1S/C14H16F3NO/c15-14(16,17)11-5-2-7-18-12(11)10-4-1-3-9-6-8-19-13(9)10/h1,3-4,11-12,18H,2,5-8H2. The summed E-state index contributed by atoms with van der Waals surface area (Å²) in [5.41, 5.74) is 1.68. The number of halogens is 3. The van der Waals surface area contributed by atoms with E-state index in [9.17, 15) is 13.2 Å². The SMILES string of the molecule is FC(F)(F)C1CCCNC1c1cccc2c1OCC2. The van der Waals surface area contributed by atoms with E-state index in [-0.39, 0.29) is 6.42 Å². The molecule has 2 heterocycles. The molecule has 2 unspecified atom stereocenters. The Balaban J connectivity index is 1.98. The molecule has 2 aliphatic heterocycles. The van der Waals surface area contributed by atoms with Gasteiger partial charge in [-0.2, -0.15) is 13.2 Å². The van der Waals surface area contributed by atoms with Crippen LogP contribution in [0.4, 0.5) is 13.2 Å². The van der Waals surface area contributed by atoms with E-state index in [1.165, 1.54) is 0 Å². The summed E-state index contributed by atoms with van der Waals surface area (Å²) in [6.07, 6.45) is -2.63. The monoisotopic (exact) mass is 271 g/mol. The zero-order valence-electron chi connectivity index (χ0n) is 10.5. The lowest BCUT2D eigenvalue weighted by atomic mass is 9.85. The van der Waals surface area contributed by atoms with Crippen molar-refractivity contribution in [3.05, 3.63) is 29.3 Å². The smallest absolute Gasteiger partial charge is 0.393 e. The molecule has 19 heavy (non-hydrogen) atoms. The molecule has 104 valence electrons. The van der Waals surface area contributed by atoms with Crippen molar-refractivity contribution in [3.63, 3.8) is 0 Å². The van der Waals surface area contributed by atoms with Gasteiger partial charge in [0.25, 0.3) is 0 Å². The molecule has 2 nitrogen and oxygen atoms in total. The van der Waals surface area contributed by atoms with Gasteiger partial charge in [0.2, 0.25) is 0 Å². The second-order valence-electron chi connectivity index (χ2n) is 5.16. The number of rotatable bonds is 1. The van der Waals surface area contributed by atoms with Crippen molar-refractivity contribution in [3.8, 4) is 5.75 Å². The highest BCUT2D eigenvalue weighted by molar-refractivity contribution is 5.46. The summed E-state index contributed by atoms with van der Waals surface area (Å²) < 4.78 is 45.0. The third-order valence-electron chi connectivity index (χ3n) is 3.96. The van der Waals surface area contributed by atoms with Crippen molar-refractivity contribution in [2.45, 2.75) is 31.5 Å². The quantitative estimate of drug-likeness (QED) is 0.846. The van der Waals surface area contributed by atoms with Gasteiger partial charge in [-0.1, -0.05) is 18.2 Å². The van der Waals surface area contributed by atoms with Crippen LogP contribution in [0.3, 0.4) is 0 Å². The van der Waals surface area contributed by atoms with Crippen molar-refractivity contribution in [2.75, 3.05) is 13.2 Å². The fraction of sp³-hybridized carbons (Fsp3) is 0.571. The van der Waals surface area contributed by atoms with Crippen molar-refractivity contribution >= 4 is 0 Å². The number of alkyl halides is 3. The molecule has 3 rings (SSSR count). The Hall–Kier alpha value is -1.23. The Morgan fingerprint density at radius 3 is 2.89 bits per heavy atom. The van der Waals surface area contributed by atoms with Crippen LogP contribution in [0, 0.1) is 5.92 Å². The zero-order valence-corrected chi connectivity index (χ0v) is 10.5. The van der Waals surface area contributed by atoms with Crippen molar-refractivity contribution in [1.29, 1.82) is 0 Å². The maximum Gasteiger partial charge on any atom is 0.393 e. The molecule has 2 atom stereocenters. The minimum atomic E-state index is -4.17. The molecule has 0 aromatic heterocycles. The summed E-state index contributed by atoms with van der Waals surface area (Å²) >= 11 is 0. The summed E-state index contributed by atoms with van der Waals surface area (Å²) in [4.78, 5) is 0. The molecular formula is C14H16F3NO. The highest BCUT2D eigenvalue weighted by atomic mass is 19.4. The van der Waals surface area contributed by atoms with Crippen molar-refractivity contribution < 1.29 is 17.9 Å². The second kappa shape index (κ2) is 4.71. The molecule has 1 N–H and O–H groups in total. The van der Waals surface area contributed by atoms with Crippen LogP contribution in [-0.4, -0.2) is 19.3 Å². The minimum absolute atomic E-state index is 0.185. The van der Waals surface area contributed by atoms with Gasteiger partial charge in [0.1, 0.15) is 5.75 Å². The second-order valence-corrected chi connectivity index (χ2v) is 5.16. The van der Waals surface area contributed by atoms with Crippen LogP contribution in [-0.2, 0) is 6.42 Å². The predicted octanol–water partition coefficient (Wildman–Crippen LogP) is 3.22. The maximum atomic E-state index is 13.1. The van der Waals surface area contributed by atoms with Gasteiger partial charge in [-0.15, -0.1) is 0 Å². The number of hydrogen-bond donors (Lipinski definition) is 1. The zero-order chi connectivity index (χ0) is 13.5. The first-order chi connectivity index (χ1) is 9.07. The maximum absolute atomic E-state index is 13.1. The molecule has 0 spiro atoms. The van der Waals surface area contributed by atoms with Gasteiger partial charge >= 0.3 is 6.18 Å². The largest absolute Gasteiger partial charge is 0.493 e. The van der Waals surface area contributed by atoms with E-state index in [0.29, 0.717) is 30.9 Å². The first-order valence-corrected chi connectivity index (χ1v) is 6.62. The van der Waals surface area contributed by atoms with Crippen LogP contribution in [0.1, 0.15) is 30.0 Å². The predicted molar refractivity (Wildman–Crippen MR) is 65.2 cm³/mol. The van der Waals surface area contributed by atoms with Gasteiger partial charge in [-0.05, 0) is 24.9 Å². The van der Waals surface area contributed by atoms with E-state index in [1.807, 2.05) is 12.1 Å². The van der Waals surface area contributed by atoms with Gasteiger partial charge in [0.15, 0.2) is 0 Å². The van der Waals surface area contributed by atoms with Crippen LogP contribution in [0.15, 0.2) is 18.2 Å². The third kappa shape index (κ3) is 2.31. The van der Waals surface area contributed by atoms with Crippen LogP contribution in [0.2, 0.25) is 0 Å². The summed E-state index contributed by atoms with van der Waals surface area (Å²) in [7, 11) is 0. The molecule has 0 amide bonds. The van der Waals surface area contributed by atoms with E-state index in [1.54, 1.807) is 6.07 Å². The number of para-hydroxylation sites is 1. The van der Waals surface area contributed by atoms with E-state index in [2.05, 4.69) is 5.32 Å². The number of benzene rings is 1. The number of piperidine rings is 1. The molecule has 5 heteroatoms. The Morgan fingerprint density at radius 1 is 1.26 bits per heavy atom. The Kier molecular flexibility index (Phi) is 3.17. The van der Waals surface area contributed by atoms with Gasteiger partial charge in [0, 0.05) is 18.0 Å². The Labute approximate surface area is 109 Å². The molecule has 0 saturated carbocycles. The first-order valence-electron chi connectivity index (χ1n) is 6.62. The first kappa shape index (κ1) is 12.8. The van der Waals surface area contributed by atoms with E-state index in [4.69, 9.17) is 4.74 Å². The van der Waals surface area contributed by atoms with Crippen molar-refractivity contribution in [1.82, 2.24) is 5.32 Å². The molecule has 2 aliphatic rings. The normalized spacial score (nSPS) is 26.9. The summed E-state index contributed by atoms with van der Waals surface area (Å²) in [6, 6.07) is 4.83. The van der Waals surface area contributed by atoms with E-state index < -0.39 is 18.1 Å². The number of fused-ring (bicyclic) bond motifs is 1. The van der Waals surface area contributed by atoms with Crippen molar-refractivity contribution in [2.24, 2.45) is 5.92 Å². The number of nitrogens with one attached hydrogen (secondary N) is 1. The van der Waals surface area contributed by atoms with Gasteiger partial charge in [-0.25, -0.2) is 0 Å². The van der Waals surface area contributed by atoms with Crippen LogP contribution >= 0.6 is 0 Å². The lowest BCUT2D eigenvalue weighted by Crippen LogP contribution is -2.41. The molecule has 1 fully saturated rings. The fourth-order valence-corrected chi connectivity index (χ4v) is 3.05. The lowest BCUT2D eigenvalue weighted by molar-refractivity contribution is -0.189. The summed E-state index contributed by atoms with van der Waals surface area (Å²) in [5.74, 6) is -0.659. The van der Waals surface area contributed by atoms with Crippen LogP contribution < -0.4 is 10.1 Å². The van der Waals surface area contributed by atoms with Gasteiger partial charge in [-0.3, -0.25) is 0 Å². The summed E-state index contributed by atoms with van der Waals surface area (Å²) in [5, 5.41) is 3.02. The highest BCUT2D eigenvalue weighted by Crippen LogP contribution is 2.45. The minimum Gasteiger partial charge on any atom is -0.493 e. The Morgan fingerprint density at radius 2 is 2.11 bits per heavy atom.